The van der Waals surface area contributed by atoms with Gasteiger partial charge in [0.1, 0.15) is 12.4 Å². The first-order valence-corrected chi connectivity index (χ1v) is 8.44. The third-order valence-corrected chi connectivity index (χ3v) is 4.56. The van der Waals surface area contributed by atoms with Gasteiger partial charge in [-0.05, 0) is 30.3 Å². The smallest absolute Gasteiger partial charge is 0.261 e. The average Bonchev–Trinajstić information content (AvgIpc) is 2.60. The molecule has 0 fully saturated rings. The third kappa shape index (κ3) is 3.71. The van der Waals surface area contributed by atoms with Crippen LogP contribution in [-0.2, 0) is 17.9 Å². The van der Waals surface area contributed by atoms with Gasteiger partial charge in [-0.1, -0.05) is 29.3 Å². The Bertz CT molecular complexity index is 1030. The molecule has 26 heavy (non-hydrogen) atoms. The highest BCUT2D eigenvalue weighted by molar-refractivity contribution is 6.31. The molecule has 0 unspecified atom stereocenters. The summed E-state index contributed by atoms with van der Waals surface area (Å²) in [5.41, 5.74) is 0.332. The Balaban J connectivity index is 1.81. The average molecular weight is 394 g/mol. The molecule has 1 aromatic heterocycles. The third-order valence-electron chi connectivity index (χ3n) is 3.98. The van der Waals surface area contributed by atoms with Gasteiger partial charge in [-0.2, -0.15) is 0 Å². The predicted molar refractivity (Wildman–Crippen MR) is 98.9 cm³/mol. The van der Waals surface area contributed by atoms with Crippen LogP contribution < -0.4 is 5.56 Å². The van der Waals surface area contributed by atoms with Crippen LogP contribution >= 0.6 is 23.2 Å². The van der Waals surface area contributed by atoms with Gasteiger partial charge >= 0.3 is 0 Å². The van der Waals surface area contributed by atoms with Gasteiger partial charge in [0, 0.05) is 29.2 Å². The fraction of sp³-hybridized carbons (Fsp3) is 0.167. The lowest BCUT2D eigenvalue weighted by molar-refractivity contribution is -0.131. The topological polar surface area (TPSA) is 55.2 Å². The molecule has 0 spiro atoms. The molecule has 134 valence electrons. The van der Waals surface area contributed by atoms with Crippen LogP contribution in [0.25, 0.3) is 10.9 Å². The zero-order valence-electron chi connectivity index (χ0n) is 13.7. The molecule has 0 radical (unpaired) electrons. The van der Waals surface area contributed by atoms with E-state index in [1.807, 2.05) is 0 Å². The highest BCUT2D eigenvalue weighted by Gasteiger charge is 2.16. The minimum Gasteiger partial charge on any atom is -0.340 e. The number of carbonyl (C=O) groups is 1. The highest BCUT2D eigenvalue weighted by Crippen LogP contribution is 2.20. The molecular formula is C18H14Cl2FN3O2. The van der Waals surface area contributed by atoms with Crippen LogP contribution in [-0.4, -0.2) is 27.4 Å². The Hall–Kier alpha value is -2.44. The number of likely N-dealkylation sites (N-methyl/N-ethyl adjacent to an activating group) is 1. The molecule has 0 saturated heterocycles. The Morgan fingerprint density at radius 2 is 2.04 bits per heavy atom. The number of hydrogen-bond donors (Lipinski definition) is 0. The second-order valence-corrected chi connectivity index (χ2v) is 6.63. The van der Waals surface area contributed by atoms with Crippen LogP contribution in [0.2, 0.25) is 10.0 Å². The number of nitrogens with zero attached hydrogens (tertiary/aromatic N) is 3. The molecule has 8 heteroatoms. The molecule has 0 N–H and O–H groups in total. The van der Waals surface area contributed by atoms with Gasteiger partial charge in [0.05, 0.1) is 17.2 Å². The van der Waals surface area contributed by atoms with Gasteiger partial charge in [0.25, 0.3) is 5.56 Å². The summed E-state index contributed by atoms with van der Waals surface area (Å²) in [5.74, 6) is -0.861. The van der Waals surface area contributed by atoms with Crippen LogP contribution in [0.15, 0.2) is 47.5 Å². The lowest BCUT2D eigenvalue weighted by atomic mass is 10.2. The normalized spacial score (nSPS) is 10.9. The summed E-state index contributed by atoms with van der Waals surface area (Å²) in [4.78, 5) is 30.4. The van der Waals surface area contributed by atoms with E-state index in [4.69, 9.17) is 23.2 Å². The number of hydrogen-bond acceptors (Lipinski definition) is 3. The van der Waals surface area contributed by atoms with Gasteiger partial charge in [0.2, 0.25) is 5.91 Å². The van der Waals surface area contributed by atoms with E-state index in [0.717, 1.165) is 0 Å². The summed E-state index contributed by atoms with van der Waals surface area (Å²) in [6, 6.07) is 9.07. The molecule has 0 aliphatic rings. The molecule has 1 amide bonds. The maximum absolute atomic E-state index is 13.9. The number of benzene rings is 2. The standard InChI is InChI=1S/C18H14Cl2FN3O2/c1-23(8-13-14(20)3-2-4-15(13)21)17(25)9-24-10-22-16-7-11(19)5-6-12(16)18(24)26/h2-7,10H,8-9H2,1H3. The van der Waals surface area contributed by atoms with Crippen molar-refractivity contribution in [2.75, 3.05) is 7.05 Å². The maximum atomic E-state index is 13.9. The number of aromatic nitrogens is 2. The zero-order chi connectivity index (χ0) is 18.8. The second-order valence-electron chi connectivity index (χ2n) is 5.79. The van der Waals surface area contributed by atoms with Gasteiger partial charge in [-0.25, -0.2) is 9.37 Å². The molecule has 1 heterocycles. The van der Waals surface area contributed by atoms with E-state index >= 15 is 0 Å². The molecule has 2 aromatic carbocycles. The Morgan fingerprint density at radius 3 is 2.77 bits per heavy atom. The van der Waals surface area contributed by atoms with Crippen molar-refractivity contribution < 1.29 is 9.18 Å². The van der Waals surface area contributed by atoms with Crippen molar-refractivity contribution in [2.24, 2.45) is 0 Å². The summed E-state index contributed by atoms with van der Waals surface area (Å²) < 4.78 is 15.1. The van der Waals surface area contributed by atoms with Gasteiger partial charge < -0.3 is 4.90 Å². The lowest BCUT2D eigenvalue weighted by Gasteiger charge is -2.19. The lowest BCUT2D eigenvalue weighted by Crippen LogP contribution is -2.34. The van der Waals surface area contributed by atoms with E-state index in [9.17, 15) is 14.0 Å². The first-order chi connectivity index (χ1) is 12.4. The van der Waals surface area contributed by atoms with Crippen molar-refractivity contribution in [2.45, 2.75) is 13.1 Å². The monoisotopic (exact) mass is 393 g/mol. The molecule has 5 nitrogen and oxygen atoms in total. The Kier molecular flexibility index (Phi) is 5.25. The van der Waals surface area contributed by atoms with Crippen molar-refractivity contribution in [3.8, 4) is 0 Å². The van der Waals surface area contributed by atoms with Crippen LogP contribution in [0.3, 0.4) is 0 Å². The minimum absolute atomic E-state index is 0.00426. The largest absolute Gasteiger partial charge is 0.340 e. The predicted octanol–water partition coefficient (Wildman–Crippen LogP) is 3.50. The van der Waals surface area contributed by atoms with Crippen LogP contribution in [0.4, 0.5) is 4.39 Å². The minimum atomic E-state index is -0.487. The van der Waals surface area contributed by atoms with E-state index in [-0.39, 0.29) is 35.1 Å². The SMILES string of the molecule is CN(Cc1c(F)cccc1Cl)C(=O)Cn1cnc2cc(Cl)ccc2c1=O. The van der Waals surface area contributed by atoms with Crippen molar-refractivity contribution in [1.29, 1.82) is 0 Å². The Morgan fingerprint density at radius 1 is 1.27 bits per heavy atom. The molecule has 0 saturated carbocycles. The molecule has 3 aromatic rings. The summed E-state index contributed by atoms with van der Waals surface area (Å²) in [5, 5.41) is 1.08. The van der Waals surface area contributed by atoms with Crippen molar-refractivity contribution in [1.82, 2.24) is 14.5 Å². The van der Waals surface area contributed by atoms with Crippen molar-refractivity contribution >= 4 is 40.0 Å². The fourth-order valence-electron chi connectivity index (χ4n) is 2.52. The van der Waals surface area contributed by atoms with E-state index in [2.05, 4.69) is 4.98 Å². The summed E-state index contributed by atoms with van der Waals surface area (Å²) in [6.45, 7) is -0.220. The maximum Gasteiger partial charge on any atom is 0.261 e. The Labute approximate surface area is 158 Å². The van der Waals surface area contributed by atoms with Gasteiger partial charge in [-0.15, -0.1) is 0 Å². The van der Waals surface area contributed by atoms with Gasteiger partial charge in [0.15, 0.2) is 0 Å². The van der Waals surface area contributed by atoms with Crippen LogP contribution in [0.1, 0.15) is 5.56 Å². The van der Waals surface area contributed by atoms with Gasteiger partial charge in [-0.3, -0.25) is 14.2 Å². The van der Waals surface area contributed by atoms with Crippen LogP contribution in [0.5, 0.6) is 0 Å². The number of fused-ring (bicyclic) bond motifs is 1. The second kappa shape index (κ2) is 7.43. The molecule has 0 bridgehead atoms. The molecular weight excluding hydrogens is 380 g/mol. The van der Waals surface area contributed by atoms with E-state index < -0.39 is 5.82 Å². The quantitative estimate of drug-likeness (QED) is 0.681. The first kappa shape index (κ1) is 18.4. The highest BCUT2D eigenvalue weighted by atomic mass is 35.5. The zero-order valence-corrected chi connectivity index (χ0v) is 15.3. The number of amides is 1. The van der Waals surface area contributed by atoms with E-state index in [0.29, 0.717) is 15.9 Å². The summed E-state index contributed by atoms with van der Waals surface area (Å²) >= 11 is 11.9. The molecule has 0 atom stereocenters. The summed E-state index contributed by atoms with van der Waals surface area (Å²) in [7, 11) is 1.52. The number of carbonyl (C=O) groups excluding carboxylic acids is 1. The molecule has 0 aliphatic heterocycles. The van der Waals surface area contributed by atoms with Crippen molar-refractivity contribution in [3.63, 3.8) is 0 Å². The van der Waals surface area contributed by atoms with E-state index in [1.54, 1.807) is 24.3 Å². The fourth-order valence-corrected chi connectivity index (χ4v) is 2.91. The number of halogens is 3. The first-order valence-electron chi connectivity index (χ1n) is 7.68. The van der Waals surface area contributed by atoms with Crippen LogP contribution in [0, 0.1) is 5.82 Å². The molecule has 0 aliphatic carbocycles. The van der Waals surface area contributed by atoms with Crippen molar-refractivity contribution in [3.05, 3.63) is 74.5 Å². The number of rotatable bonds is 4. The van der Waals surface area contributed by atoms with E-state index in [1.165, 1.54) is 35.0 Å². The molecule has 3 rings (SSSR count). The summed E-state index contributed by atoms with van der Waals surface area (Å²) in [6.07, 6.45) is 1.29.